The average molecular weight is 549 g/mol. The maximum atomic E-state index is 13.9. The Morgan fingerprint density at radius 1 is 0.850 bits per heavy atom. The zero-order chi connectivity index (χ0) is 27.9. The van der Waals surface area contributed by atoms with Gasteiger partial charge in [0.1, 0.15) is 11.6 Å². The van der Waals surface area contributed by atoms with Crippen molar-refractivity contribution in [3.05, 3.63) is 112 Å². The van der Waals surface area contributed by atoms with E-state index in [9.17, 15) is 22.4 Å². The van der Waals surface area contributed by atoms with E-state index in [2.05, 4.69) is 17.0 Å². The van der Waals surface area contributed by atoms with Gasteiger partial charge in [-0.2, -0.15) is 18.2 Å². The van der Waals surface area contributed by atoms with Crippen LogP contribution in [0.15, 0.2) is 72.8 Å². The van der Waals surface area contributed by atoms with Crippen LogP contribution < -0.4 is 9.64 Å². The van der Waals surface area contributed by atoms with Crippen LogP contribution in [-0.2, 0) is 32.1 Å². The van der Waals surface area contributed by atoms with Crippen LogP contribution in [0.1, 0.15) is 38.3 Å². The molecule has 1 aromatic heterocycles. The van der Waals surface area contributed by atoms with Gasteiger partial charge in [0, 0.05) is 37.7 Å². The number of fused-ring (bicyclic) bond motifs is 2. The van der Waals surface area contributed by atoms with Crippen molar-refractivity contribution in [2.75, 3.05) is 18.0 Å². The predicted octanol–water partition coefficient (Wildman–Crippen LogP) is 6.19. The van der Waals surface area contributed by atoms with Crippen molar-refractivity contribution in [3.63, 3.8) is 0 Å². The van der Waals surface area contributed by atoms with Gasteiger partial charge in [-0.15, -0.1) is 0 Å². The lowest BCUT2D eigenvalue weighted by Gasteiger charge is -2.32. The third kappa shape index (κ3) is 5.21. The van der Waals surface area contributed by atoms with E-state index >= 15 is 0 Å². The number of benzene rings is 3. The second-order valence-corrected chi connectivity index (χ2v) is 9.81. The van der Waals surface area contributed by atoms with E-state index < -0.39 is 23.5 Å². The summed E-state index contributed by atoms with van der Waals surface area (Å²) in [7, 11) is 0. The first-order valence-electron chi connectivity index (χ1n) is 12.9. The predicted molar refractivity (Wildman–Crippen MR) is 140 cm³/mol. The molecule has 0 atom stereocenters. The van der Waals surface area contributed by atoms with Crippen molar-refractivity contribution >= 4 is 11.9 Å². The van der Waals surface area contributed by atoms with E-state index in [1.54, 1.807) is 6.07 Å². The molecular formula is C30H24F4N4O2. The molecule has 0 fully saturated rings. The van der Waals surface area contributed by atoms with E-state index in [4.69, 9.17) is 14.7 Å². The molecule has 0 aliphatic carbocycles. The number of hydrogen-bond acceptors (Lipinski definition) is 5. The molecule has 3 heterocycles. The molecule has 2 aliphatic rings. The van der Waals surface area contributed by atoms with Gasteiger partial charge in [-0.05, 0) is 53.9 Å². The standard InChI is InChI=1S/C30H24F4N4O2/c31-23-6-3-7-24(16-23)40-27-25-18-37(28(39)20-8-10-22(11-9-20)30(32,33)34)15-13-26(25)35-29(36-27)38-14-12-19-4-1-2-5-21(19)17-38/h1-11,16H,12-15,17-18H2. The summed E-state index contributed by atoms with van der Waals surface area (Å²) in [4.78, 5) is 26.4. The summed E-state index contributed by atoms with van der Waals surface area (Å²) in [6.07, 6.45) is -3.24. The number of rotatable bonds is 4. The first-order chi connectivity index (χ1) is 19.2. The summed E-state index contributed by atoms with van der Waals surface area (Å²) in [5, 5.41) is 0. The summed E-state index contributed by atoms with van der Waals surface area (Å²) < 4.78 is 58.9. The molecule has 2 aliphatic heterocycles. The number of nitrogens with zero attached hydrogens (tertiary/aromatic N) is 4. The monoisotopic (exact) mass is 548 g/mol. The molecule has 6 nitrogen and oxygen atoms in total. The van der Waals surface area contributed by atoms with E-state index in [1.165, 1.54) is 46.4 Å². The van der Waals surface area contributed by atoms with Crippen LogP contribution in [0.2, 0.25) is 0 Å². The molecule has 0 bridgehead atoms. The molecule has 0 spiro atoms. The number of hydrogen-bond donors (Lipinski definition) is 0. The minimum absolute atomic E-state index is 0.100. The Kier molecular flexibility index (Phi) is 6.61. The van der Waals surface area contributed by atoms with Crippen LogP contribution in [0.4, 0.5) is 23.5 Å². The highest BCUT2D eigenvalue weighted by Crippen LogP contribution is 2.34. The molecule has 0 radical (unpaired) electrons. The first kappa shape index (κ1) is 25.8. The molecule has 10 heteroatoms. The van der Waals surface area contributed by atoms with Crippen molar-refractivity contribution in [2.45, 2.75) is 32.1 Å². The van der Waals surface area contributed by atoms with E-state index in [0.717, 1.165) is 18.6 Å². The van der Waals surface area contributed by atoms with Gasteiger partial charge in [-0.3, -0.25) is 4.79 Å². The fraction of sp³-hybridized carbons (Fsp3) is 0.233. The second-order valence-electron chi connectivity index (χ2n) is 9.81. The topological polar surface area (TPSA) is 58.6 Å². The lowest BCUT2D eigenvalue weighted by molar-refractivity contribution is -0.137. The maximum Gasteiger partial charge on any atom is 0.416 e. The summed E-state index contributed by atoms with van der Waals surface area (Å²) in [5.74, 6) is 0.0822. The molecule has 1 amide bonds. The number of halogens is 4. The molecule has 40 heavy (non-hydrogen) atoms. The highest BCUT2D eigenvalue weighted by atomic mass is 19.4. The van der Waals surface area contributed by atoms with Crippen molar-refractivity contribution in [3.8, 4) is 11.6 Å². The zero-order valence-electron chi connectivity index (χ0n) is 21.3. The number of carbonyl (C=O) groups excluding carboxylic acids is 1. The van der Waals surface area contributed by atoms with Gasteiger partial charge in [-0.1, -0.05) is 30.3 Å². The molecule has 3 aromatic carbocycles. The largest absolute Gasteiger partial charge is 0.438 e. The summed E-state index contributed by atoms with van der Waals surface area (Å²) in [5.41, 5.74) is 3.10. The quantitative estimate of drug-likeness (QED) is 0.285. The molecule has 4 aromatic rings. The van der Waals surface area contributed by atoms with Gasteiger partial charge in [0.05, 0.1) is 23.4 Å². The molecule has 0 N–H and O–H groups in total. The SMILES string of the molecule is O=C(c1ccc(C(F)(F)F)cc1)N1CCc2nc(N3CCc4ccccc4C3)nc(Oc3cccc(F)c3)c2C1. The average Bonchev–Trinajstić information content (AvgIpc) is 2.96. The Morgan fingerprint density at radius 3 is 2.38 bits per heavy atom. The summed E-state index contributed by atoms with van der Waals surface area (Å²) >= 11 is 0. The fourth-order valence-electron chi connectivity index (χ4n) is 5.06. The van der Waals surface area contributed by atoms with Crippen LogP contribution in [0.3, 0.4) is 0 Å². The number of ether oxygens (including phenoxy) is 1. The van der Waals surface area contributed by atoms with E-state index in [-0.39, 0.29) is 23.7 Å². The van der Waals surface area contributed by atoms with Gasteiger partial charge in [0.2, 0.25) is 11.8 Å². The molecule has 0 saturated carbocycles. The molecular weight excluding hydrogens is 524 g/mol. The number of anilines is 1. The Balaban J connectivity index is 1.31. The molecule has 204 valence electrons. The lowest BCUT2D eigenvalue weighted by Crippen LogP contribution is -2.38. The van der Waals surface area contributed by atoms with Crippen LogP contribution in [0, 0.1) is 5.82 Å². The van der Waals surface area contributed by atoms with Crippen molar-refractivity contribution in [2.24, 2.45) is 0 Å². The van der Waals surface area contributed by atoms with Gasteiger partial charge >= 0.3 is 6.18 Å². The minimum atomic E-state index is -4.49. The Hall–Kier alpha value is -4.47. The van der Waals surface area contributed by atoms with Crippen molar-refractivity contribution in [1.29, 1.82) is 0 Å². The normalized spacial score (nSPS) is 14.9. The summed E-state index contributed by atoms with van der Waals surface area (Å²) in [6.45, 7) is 1.77. The van der Waals surface area contributed by atoms with E-state index in [0.29, 0.717) is 43.3 Å². The number of aromatic nitrogens is 2. The highest BCUT2D eigenvalue weighted by molar-refractivity contribution is 5.94. The Morgan fingerprint density at radius 2 is 1.62 bits per heavy atom. The van der Waals surface area contributed by atoms with Crippen LogP contribution in [0.5, 0.6) is 11.6 Å². The first-order valence-corrected chi connectivity index (χ1v) is 12.9. The maximum absolute atomic E-state index is 13.9. The van der Waals surface area contributed by atoms with Gasteiger partial charge < -0.3 is 14.5 Å². The number of carbonyl (C=O) groups is 1. The number of amides is 1. The molecule has 0 saturated heterocycles. The second kappa shape index (κ2) is 10.3. The Labute approximate surface area is 227 Å². The Bertz CT molecular complexity index is 1570. The molecule has 6 rings (SSSR count). The van der Waals surface area contributed by atoms with Crippen LogP contribution in [-0.4, -0.2) is 33.9 Å². The lowest BCUT2D eigenvalue weighted by atomic mass is 10.0. The third-order valence-electron chi connectivity index (χ3n) is 7.18. The van der Waals surface area contributed by atoms with Crippen molar-refractivity contribution in [1.82, 2.24) is 14.9 Å². The van der Waals surface area contributed by atoms with Crippen molar-refractivity contribution < 1.29 is 27.1 Å². The van der Waals surface area contributed by atoms with E-state index in [1.807, 2.05) is 12.1 Å². The fourth-order valence-corrected chi connectivity index (χ4v) is 5.06. The third-order valence-corrected chi connectivity index (χ3v) is 7.18. The van der Waals surface area contributed by atoms with Crippen LogP contribution in [0.25, 0.3) is 0 Å². The zero-order valence-corrected chi connectivity index (χ0v) is 21.3. The summed E-state index contributed by atoms with van der Waals surface area (Å²) in [6, 6.07) is 18.1. The van der Waals surface area contributed by atoms with Gasteiger partial charge in [0.15, 0.2) is 0 Å². The number of alkyl halides is 3. The minimum Gasteiger partial charge on any atom is -0.438 e. The molecule has 0 unspecified atom stereocenters. The van der Waals surface area contributed by atoms with Gasteiger partial charge in [-0.25, -0.2) is 9.37 Å². The van der Waals surface area contributed by atoms with Gasteiger partial charge in [0.25, 0.3) is 5.91 Å². The highest BCUT2D eigenvalue weighted by Gasteiger charge is 2.32. The van der Waals surface area contributed by atoms with Crippen LogP contribution >= 0.6 is 0 Å². The smallest absolute Gasteiger partial charge is 0.416 e.